The van der Waals surface area contributed by atoms with Crippen LogP contribution in [0.15, 0.2) is 21.9 Å². The topological polar surface area (TPSA) is 66.6 Å². The minimum absolute atomic E-state index is 0.0556. The van der Waals surface area contributed by atoms with Crippen molar-refractivity contribution < 1.29 is 14.3 Å². The van der Waals surface area contributed by atoms with E-state index >= 15 is 0 Å². The molecule has 0 spiro atoms. The van der Waals surface area contributed by atoms with E-state index in [0.717, 1.165) is 17.8 Å². The molecule has 1 aliphatic heterocycles. The second kappa shape index (κ2) is 5.99. The molecule has 0 aromatic carbocycles. The molecule has 0 radical (unpaired) electrons. The highest BCUT2D eigenvalue weighted by Crippen LogP contribution is 2.26. The van der Waals surface area contributed by atoms with E-state index in [0.29, 0.717) is 23.9 Å². The third kappa shape index (κ3) is 3.01. The predicted molar refractivity (Wildman–Crippen MR) is 80.0 cm³/mol. The smallest absolute Gasteiger partial charge is 0.236 e. The molecular formula is C15H18N2O3S. The van der Waals surface area contributed by atoms with Crippen LogP contribution in [0.4, 0.5) is 0 Å². The Hall–Kier alpha value is -1.66. The van der Waals surface area contributed by atoms with Gasteiger partial charge in [0.1, 0.15) is 5.76 Å². The molecular weight excluding hydrogens is 288 g/mol. The van der Waals surface area contributed by atoms with Crippen molar-refractivity contribution >= 4 is 17.2 Å². The van der Waals surface area contributed by atoms with E-state index in [1.54, 1.807) is 16.2 Å². The van der Waals surface area contributed by atoms with Crippen molar-refractivity contribution in [2.45, 2.75) is 19.8 Å². The van der Waals surface area contributed by atoms with Crippen LogP contribution in [0.1, 0.15) is 17.9 Å². The molecule has 1 unspecified atom stereocenters. The fourth-order valence-corrected chi connectivity index (χ4v) is 3.21. The monoisotopic (exact) mass is 306 g/mol. The summed E-state index contributed by atoms with van der Waals surface area (Å²) < 4.78 is 5.65. The fraction of sp³-hybridized carbons (Fsp3) is 0.467. The quantitative estimate of drug-likeness (QED) is 0.939. The zero-order valence-electron chi connectivity index (χ0n) is 11.9. The van der Waals surface area contributed by atoms with E-state index < -0.39 is 0 Å². The molecule has 6 heteroatoms. The van der Waals surface area contributed by atoms with Gasteiger partial charge in [0.05, 0.1) is 17.0 Å². The van der Waals surface area contributed by atoms with Crippen LogP contribution in [0.5, 0.6) is 0 Å². The number of hydrogen-bond acceptors (Lipinski definition) is 5. The maximum absolute atomic E-state index is 12.3. The van der Waals surface area contributed by atoms with Gasteiger partial charge in [-0.1, -0.05) is 6.07 Å². The number of aromatic nitrogens is 1. The molecule has 1 aliphatic rings. The van der Waals surface area contributed by atoms with Crippen LogP contribution < -0.4 is 0 Å². The molecule has 3 rings (SSSR count). The molecule has 2 aromatic rings. The summed E-state index contributed by atoms with van der Waals surface area (Å²) in [5.41, 5.74) is 0.704. The van der Waals surface area contributed by atoms with E-state index in [9.17, 15) is 4.79 Å². The zero-order chi connectivity index (χ0) is 14.8. The van der Waals surface area contributed by atoms with Crippen LogP contribution in [0.25, 0.3) is 10.8 Å². The molecule has 0 aliphatic carbocycles. The highest BCUT2D eigenvalue weighted by molar-refractivity contribution is 7.13. The van der Waals surface area contributed by atoms with Gasteiger partial charge in [-0.3, -0.25) is 4.79 Å². The summed E-state index contributed by atoms with van der Waals surface area (Å²) in [4.78, 5) is 19.5. The van der Waals surface area contributed by atoms with E-state index in [4.69, 9.17) is 9.52 Å². The van der Waals surface area contributed by atoms with E-state index in [2.05, 4.69) is 4.98 Å². The summed E-state index contributed by atoms with van der Waals surface area (Å²) in [6.07, 6.45) is 1.14. The van der Waals surface area contributed by atoms with Crippen LogP contribution in [0.2, 0.25) is 0 Å². The maximum Gasteiger partial charge on any atom is 0.236 e. The Labute approximate surface area is 127 Å². The molecule has 5 nitrogen and oxygen atoms in total. The molecule has 1 fully saturated rings. The number of thiophene rings is 1. The van der Waals surface area contributed by atoms with Crippen molar-refractivity contribution in [1.82, 2.24) is 9.88 Å². The minimum atomic E-state index is 0.0556. The van der Waals surface area contributed by atoms with Gasteiger partial charge in [0.25, 0.3) is 0 Å². The van der Waals surface area contributed by atoms with Gasteiger partial charge in [-0.2, -0.15) is 0 Å². The molecule has 21 heavy (non-hydrogen) atoms. The first-order chi connectivity index (χ1) is 10.2. The van der Waals surface area contributed by atoms with E-state index in [1.807, 2.05) is 24.4 Å². The fourth-order valence-electron chi connectivity index (χ4n) is 2.56. The van der Waals surface area contributed by atoms with Crippen LogP contribution in [-0.2, 0) is 11.2 Å². The number of aliphatic hydroxyl groups is 1. The van der Waals surface area contributed by atoms with Gasteiger partial charge in [0.2, 0.25) is 11.8 Å². The van der Waals surface area contributed by atoms with Gasteiger partial charge < -0.3 is 14.4 Å². The number of aliphatic hydroxyl groups excluding tert-OH is 1. The molecule has 3 heterocycles. The van der Waals surface area contributed by atoms with Gasteiger partial charge in [0, 0.05) is 25.6 Å². The molecule has 0 bridgehead atoms. The van der Waals surface area contributed by atoms with Crippen molar-refractivity contribution in [3.63, 3.8) is 0 Å². The average molecular weight is 306 g/mol. The Morgan fingerprint density at radius 1 is 1.62 bits per heavy atom. The molecule has 1 amide bonds. The molecule has 2 aromatic heterocycles. The summed E-state index contributed by atoms with van der Waals surface area (Å²) >= 11 is 1.57. The number of carbonyl (C=O) groups excluding carboxylic acids is 1. The summed E-state index contributed by atoms with van der Waals surface area (Å²) in [6, 6.07) is 3.90. The molecule has 0 saturated carbocycles. The average Bonchev–Trinajstić information content (AvgIpc) is 3.18. The van der Waals surface area contributed by atoms with Crippen molar-refractivity contribution in [1.29, 1.82) is 0 Å². The minimum Gasteiger partial charge on any atom is -0.440 e. The van der Waals surface area contributed by atoms with Crippen molar-refractivity contribution in [3.8, 4) is 10.8 Å². The standard InChI is InChI=1S/C15H18N2O3S/c1-10-12(16-15(20-10)13-3-2-6-21-13)7-14(19)17-5-4-11(8-17)9-18/h2-3,6,11,18H,4-5,7-9H2,1H3. The summed E-state index contributed by atoms with van der Waals surface area (Å²) in [6.45, 7) is 3.35. The van der Waals surface area contributed by atoms with Gasteiger partial charge in [0.15, 0.2) is 0 Å². The number of carbonyl (C=O) groups is 1. The summed E-state index contributed by atoms with van der Waals surface area (Å²) in [5, 5.41) is 11.1. The molecule has 1 atom stereocenters. The molecule has 1 saturated heterocycles. The zero-order valence-corrected chi connectivity index (χ0v) is 12.7. The van der Waals surface area contributed by atoms with Crippen molar-refractivity contribution in [3.05, 3.63) is 29.0 Å². The van der Waals surface area contributed by atoms with Gasteiger partial charge >= 0.3 is 0 Å². The number of likely N-dealkylation sites (tertiary alicyclic amines) is 1. The first kappa shape index (κ1) is 14.3. The summed E-state index contributed by atoms with van der Waals surface area (Å²) in [7, 11) is 0. The third-order valence-corrected chi connectivity index (χ3v) is 4.70. The van der Waals surface area contributed by atoms with Crippen LogP contribution in [0, 0.1) is 12.8 Å². The van der Waals surface area contributed by atoms with E-state index in [1.165, 1.54) is 0 Å². The Balaban J connectivity index is 1.69. The number of nitrogens with zero attached hydrogens (tertiary/aromatic N) is 2. The normalized spacial score (nSPS) is 18.4. The number of aryl methyl sites for hydroxylation is 1. The highest BCUT2D eigenvalue weighted by Gasteiger charge is 2.26. The number of rotatable bonds is 4. The lowest BCUT2D eigenvalue weighted by atomic mass is 10.1. The van der Waals surface area contributed by atoms with Crippen LogP contribution in [-0.4, -0.2) is 40.6 Å². The van der Waals surface area contributed by atoms with Gasteiger partial charge in [-0.15, -0.1) is 11.3 Å². The van der Waals surface area contributed by atoms with E-state index in [-0.39, 0.29) is 24.9 Å². The lowest BCUT2D eigenvalue weighted by Gasteiger charge is -2.15. The van der Waals surface area contributed by atoms with Crippen LogP contribution >= 0.6 is 11.3 Å². The van der Waals surface area contributed by atoms with Gasteiger partial charge in [-0.05, 0) is 24.8 Å². The second-order valence-corrected chi connectivity index (χ2v) is 6.30. The Morgan fingerprint density at radius 2 is 2.48 bits per heavy atom. The van der Waals surface area contributed by atoms with Crippen molar-refractivity contribution in [2.24, 2.45) is 5.92 Å². The molecule has 112 valence electrons. The van der Waals surface area contributed by atoms with Crippen LogP contribution in [0.3, 0.4) is 0 Å². The number of amides is 1. The maximum atomic E-state index is 12.3. The predicted octanol–water partition coefficient (Wildman–Crippen LogP) is 2.09. The Bertz CT molecular complexity index is 621. The SMILES string of the molecule is Cc1oc(-c2cccs2)nc1CC(=O)N1CCC(CO)C1. The number of oxazole rings is 1. The number of hydrogen-bond donors (Lipinski definition) is 1. The lowest BCUT2D eigenvalue weighted by Crippen LogP contribution is -2.30. The van der Waals surface area contributed by atoms with Crippen molar-refractivity contribution in [2.75, 3.05) is 19.7 Å². The third-order valence-electron chi connectivity index (χ3n) is 3.84. The lowest BCUT2D eigenvalue weighted by molar-refractivity contribution is -0.129. The Kier molecular flexibility index (Phi) is 4.07. The largest absolute Gasteiger partial charge is 0.440 e. The first-order valence-electron chi connectivity index (χ1n) is 7.06. The Morgan fingerprint density at radius 3 is 3.14 bits per heavy atom. The van der Waals surface area contributed by atoms with Gasteiger partial charge in [-0.25, -0.2) is 4.98 Å². The summed E-state index contributed by atoms with van der Waals surface area (Å²) in [5.74, 6) is 1.55. The second-order valence-electron chi connectivity index (χ2n) is 5.35. The molecule has 1 N–H and O–H groups in total. The first-order valence-corrected chi connectivity index (χ1v) is 7.94. The highest BCUT2D eigenvalue weighted by atomic mass is 32.1.